The summed E-state index contributed by atoms with van der Waals surface area (Å²) in [6.45, 7) is 4.33. The number of nitrogens with one attached hydrogen (secondary N) is 1. The normalized spacial score (nSPS) is 20.2. The van der Waals surface area contributed by atoms with Gasteiger partial charge in [-0.15, -0.1) is 0 Å². The molecular formula is C26H38F8INO10S. The van der Waals surface area contributed by atoms with Crippen LogP contribution in [-0.4, -0.2) is 83.2 Å². The molecule has 0 aromatic rings. The summed E-state index contributed by atoms with van der Waals surface area (Å²) in [4.78, 5) is 34.7. The van der Waals surface area contributed by atoms with Crippen LogP contribution in [0, 0.1) is 0 Å². The lowest BCUT2D eigenvalue weighted by molar-refractivity contribution is -0.456. The number of ether oxygens (including phenoxy) is 3. The van der Waals surface area contributed by atoms with Crippen LogP contribution in [-0.2, 0) is 38.1 Å². The Bertz CT molecular complexity index is 1190. The van der Waals surface area contributed by atoms with Gasteiger partial charge in [-0.1, -0.05) is 54.7 Å². The number of hydrogen-bond acceptors (Lipinski definition) is 9. The summed E-state index contributed by atoms with van der Waals surface area (Å²) in [5.41, 5.74) is -3.18. The van der Waals surface area contributed by atoms with Crippen LogP contribution >= 0.6 is 22.6 Å². The molecule has 0 bridgehead atoms. The van der Waals surface area contributed by atoms with E-state index in [0.717, 1.165) is 7.11 Å². The predicted molar refractivity (Wildman–Crippen MR) is 155 cm³/mol. The summed E-state index contributed by atoms with van der Waals surface area (Å²) >= 11 is 1.35. The van der Waals surface area contributed by atoms with E-state index in [1.54, 1.807) is 0 Å². The second kappa shape index (κ2) is 16.3. The predicted octanol–water partition coefficient (Wildman–Crippen LogP) is 6.76. The number of carbonyl (C=O) groups is 3. The molecule has 11 nitrogen and oxygen atoms in total. The fraction of sp³-hybridized carbons (Fsp3) is 0.885. The molecular weight excluding hydrogens is 797 g/mol. The van der Waals surface area contributed by atoms with Gasteiger partial charge in [-0.2, -0.15) is 43.5 Å². The number of carbonyl (C=O) groups excluding carboxylic acids is 2. The summed E-state index contributed by atoms with van der Waals surface area (Å²) in [7, 11) is -6.05. The highest BCUT2D eigenvalue weighted by molar-refractivity contribution is 14.1. The number of hydrogen-bond donors (Lipinski definition) is 2. The lowest BCUT2D eigenvalue weighted by Crippen LogP contribution is -2.66. The van der Waals surface area contributed by atoms with Crippen molar-refractivity contribution in [3.8, 4) is 0 Å². The van der Waals surface area contributed by atoms with Crippen molar-refractivity contribution >= 4 is 50.7 Å². The number of rotatable bonds is 20. The highest BCUT2D eigenvalue weighted by Crippen LogP contribution is 2.50. The topological polar surface area (TPSA) is 155 Å². The van der Waals surface area contributed by atoms with E-state index in [4.69, 9.17) is 9.84 Å². The third-order valence-corrected chi connectivity index (χ3v) is 9.16. The Morgan fingerprint density at radius 3 is 1.91 bits per heavy atom. The Balaban J connectivity index is 2.84. The van der Waals surface area contributed by atoms with Crippen LogP contribution in [0.1, 0.15) is 91.4 Å². The molecule has 1 aliphatic rings. The van der Waals surface area contributed by atoms with Crippen molar-refractivity contribution < 1.29 is 81.4 Å². The van der Waals surface area contributed by atoms with Crippen LogP contribution in [0.25, 0.3) is 0 Å². The quantitative estimate of drug-likeness (QED) is 0.0336. The number of esters is 1. The molecule has 276 valence electrons. The molecule has 0 aliphatic heterocycles. The number of alkyl carbamates (subject to hydrolysis) is 1. The standard InChI is InChI=1S/C26H38F8INO10S/c1-21(2,3)44-20(40)36-22(19(39)43-4)14-17(15-22)45-47(41,42)26(33,34)25(31,32)46-24(29,30)23(27,28)13-16(35)11-9-7-5-6-8-10-12-18(37)38/h16-17H,5-15H2,1-4H3,(H,36,40)(H,37,38)/t16?,17-,22+. The molecule has 0 saturated heterocycles. The monoisotopic (exact) mass is 835 g/mol. The first-order valence-corrected chi connectivity index (χ1v) is 16.9. The Morgan fingerprint density at radius 2 is 1.43 bits per heavy atom. The van der Waals surface area contributed by atoms with E-state index >= 15 is 0 Å². The minimum Gasteiger partial charge on any atom is -0.481 e. The zero-order valence-electron chi connectivity index (χ0n) is 25.9. The van der Waals surface area contributed by atoms with Gasteiger partial charge in [0.05, 0.1) is 13.2 Å². The molecule has 1 saturated carbocycles. The van der Waals surface area contributed by atoms with Gasteiger partial charge in [-0.25, -0.2) is 14.3 Å². The van der Waals surface area contributed by atoms with E-state index in [1.807, 2.05) is 5.32 Å². The molecule has 1 fully saturated rings. The number of alkyl halides is 9. The smallest absolute Gasteiger partial charge is 0.460 e. The number of carboxylic acids is 1. The number of methoxy groups -OCH3 is 1. The molecule has 0 aromatic heterocycles. The van der Waals surface area contributed by atoms with Crippen LogP contribution in [0.4, 0.5) is 39.9 Å². The van der Waals surface area contributed by atoms with Crippen LogP contribution in [0.15, 0.2) is 0 Å². The van der Waals surface area contributed by atoms with E-state index in [1.165, 1.54) is 43.4 Å². The lowest BCUT2D eigenvalue weighted by Gasteiger charge is -2.44. The highest BCUT2D eigenvalue weighted by Gasteiger charge is 2.75. The molecule has 1 amide bonds. The average molecular weight is 836 g/mol. The molecule has 0 radical (unpaired) electrons. The van der Waals surface area contributed by atoms with Gasteiger partial charge in [-0.3, -0.25) is 8.98 Å². The van der Waals surface area contributed by atoms with Gasteiger partial charge in [0, 0.05) is 29.6 Å². The van der Waals surface area contributed by atoms with Crippen LogP contribution in [0.5, 0.6) is 0 Å². The first-order chi connectivity index (χ1) is 21.1. The maximum atomic E-state index is 14.5. The molecule has 0 heterocycles. The summed E-state index contributed by atoms with van der Waals surface area (Å²) in [5, 5.41) is 3.98. The van der Waals surface area contributed by atoms with Gasteiger partial charge in [0.2, 0.25) is 0 Å². The van der Waals surface area contributed by atoms with Crippen molar-refractivity contribution in [3.63, 3.8) is 0 Å². The van der Waals surface area contributed by atoms with Gasteiger partial charge in [0.25, 0.3) is 0 Å². The summed E-state index contributed by atoms with van der Waals surface area (Å²) in [5.74, 6) is -7.62. The first-order valence-electron chi connectivity index (χ1n) is 14.2. The maximum Gasteiger partial charge on any atom is 0.460 e. The molecule has 1 atom stereocenters. The van der Waals surface area contributed by atoms with Gasteiger partial charge in [0.15, 0.2) is 0 Å². The van der Waals surface area contributed by atoms with Crippen molar-refractivity contribution in [1.29, 1.82) is 0 Å². The van der Waals surface area contributed by atoms with E-state index in [9.17, 15) is 57.9 Å². The van der Waals surface area contributed by atoms with Crippen molar-refractivity contribution in [2.24, 2.45) is 0 Å². The maximum absolute atomic E-state index is 14.5. The molecule has 1 aliphatic carbocycles. The fourth-order valence-electron chi connectivity index (χ4n) is 4.33. The molecule has 0 aromatic carbocycles. The van der Waals surface area contributed by atoms with Crippen LogP contribution < -0.4 is 5.32 Å². The second-order valence-corrected chi connectivity index (χ2v) is 15.4. The molecule has 0 spiro atoms. The SMILES string of the molecule is COC(=O)[C@]1(NC(=O)OC(C)(C)C)C[C@@H](OS(=O)(=O)C(F)(F)C(F)(F)OC(F)(F)C(F)(F)CC(I)CCCCCCCCC(=O)O)C1. The Morgan fingerprint density at radius 1 is 0.915 bits per heavy atom. The number of unbranched alkanes of at least 4 members (excludes halogenated alkanes) is 5. The number of carboxylic acid groups (broad SMARTS) is 1. The summed E-state index contributed by atoms with van der Waals surface area (Å²) in [6, 6.07) is 0. The fourth-order valence-corrected chi connectivity index (χ4v) is 6.27. The minimum absolute atomic E-state index is 0.0155. The van der Waals surface area contributed by atoms with Crippen molar-refractivity contribution in [3.05, 3.63) is 0 Å². The molecule has 1 unspecified atom stereocenters. The molecule has 21 heteroatoms. The van der Waals surface area contributed by atoms with E-state index in [-0.39, 0.29) is 19.3 Å². The van der Waals surface area contributed by atoms with Gasteiger partial charge in [0.1, 0.15) is 11.1 Å². The second-order valence-electron chi connectivity index (χ2n) is 12.0. The van der Waals surface area contributed by atoms with Gasteiger partial charge >= 0.3 is 51.5 Å². The summed E-state index contributed by atoms with van der Waals surface area (Å²) < 4.78 is 154. The Kier molecular flexibility index (Phi) is 15.0. The third-order valence-electron chi connectivity index (χ3n) is 6.70. The zero-order valence-corrected chi connectivity index (χ0v) is 28.8. The Labute approximate surface area is 280 Å². The molecule has 2 N–H and O–H groups in total. The van der Waals surface area contributed by atoms with Crippen LogP contribution in [0.3, 0.4) is 0 Å². The van der Waals surface area contributed by atoms with E-state index in [2.05, 4.69) is 13.7 Å². The Hall–Kier alpha value is -1.75. The van der Waals surface area contributed by atoms with Crippen molar-refractivity contribution in [1.82, 2.24) is 5.32 Å². The number of amides is 1. The largest absolute Gasteiger partial charge is 0.481 e. The summed E-state index contributed by atoms with van der Waals surface area (Å²) in [6.07, 6.45) is -17.0. The van der Waals surface area contributed by atoms with E-state index in [0.29, 0.717) is 32.1 Å². The van der Waals surface area contributed by atoms with E-state index < -0.39 is 92.0 Å². The highest BCUT2D eigenvalue weighted by atomic mass is 127. The number of aliphatic carboxylic acids is 1. The zero-order chi connectivity index (χ0) is 36.7. The minimum atomic E-state index is -6.90. The third kappa shape index (κ3) is 12.3. The first kappa shape index (κ1) is 43.3. The van der Waals surface area contributed by atoms with Gasteiger partial charge in [-0.05, 0) is 33.6 Å². The van der Waals surface area contributed by atoms with Gasteiger partial charge < -0.3 is 19.9 Å². The number of halogens is 9. The lowest BCUT2D eigenvalue weighted by atomic mass is 9.74. The van der Waals surface area contributed by atoms with Crippen LogP contribution in [0.2, 0.25) is 0 Å². The van der Waals surface area contributed by atoms with Crippen molar-refractivity contribution in [2.75, 3.05) is 7.11 Å². The molecule has 47 heavy (non-hydrogen) atoms. The van der Waals surface area contributed by atoms with Crippen molar-refractivity contribution in [2.45, 2.75) is 136 Å². The average Bonchev–Trinajstić information content (AvgIpc) is 2.85. The molecule has 1 rings (SSSR count).